The number of fused-ring (bicyclic) bond motifs is 1. The molecule has 1 amide bonds. The van der Waals surface area contributed by atoms with Crippen molar-refractivity contribution in [3.63, 3.8) is 0 Å². The second kappa shape index (κ2) is 13.3. The molecule has 0 spiro atoms. The average Bonchev–Trinajstić information content (AvgIpc) is 3.03. The summed E-state index contributed by atoms with van der Waals surface area (Å²) in [7, 11) is 3.15. The molecule has 3 fully saturated rings. The second-order valence-corrected chi connectivity index (χ2v) is 11.6. The number of carbonyl (C=O) groups is 1. The maximum absolute atomic E-state index is 12.6. The molecule has 1 saturated carbocycles. The molecule has 10 heteroatoms. The fraction of sp³-hybridized carbons (Fsp3) is 0.485. The Morgan fingerprint density at radius 3 is 2.16 bits per heavy atom. The number of hydrogen-bond acceptors (Lipinski definition) is 9. The van der Waals surface area contributed by atoms with Gasteiger partial charge in [-0.2, -0.15) is 9.97 Å². The third-order valence-electron chi connectivity index (χ3n) is 9.06. The summed E-state index contributed by atoms with van der Waals surface area (Å²) in [4.78, 5) is 28.5. The summed E-state index contributed by atoms with van der Waals surface area (Å²) in [5.74, 6) is 0.851. The highest BCUT2D eigenvalue weighted by atomic mass is 16.5. The van der Waals surface area contributed by atoms with Crippen molar-refractivity contribution in [2.75, 3.05) is 53.6 Å². The zero-order chi connectivity index (χ0) is 29.8. The Hall–Kier alpha value is -3.73. The second-order valence-electron chi connectivity index (χ2n) is 11.6. The Balaban J connectivity index is 1.37. The first-order valence-electron chi connectivity index (χ1n) is 15.2. The van der Waals surface area contributed by atoms with Crippen LogP contribution in [0.4, 0.5) is 0 Å². The van der Waals surface area contributed by atoms with Gasteiger partial charge in [-0.15, -0.1) is 0 Å². The number of piperazine rings is 2. The van der Waals surface area contributed by atoms with E-state index in [-0.39, 0.29) is 36.0 Å². The molecule has 2 aromatic carbocycles. The van der Waals surface area contributed by atoms with Crippen LogP contribution in [-0.2, 0) is 11.3 Å². The number of ether oxygens (including phenoxy) is 3. The van der Waals surface area contributed by atoms with Crippen LogP contribution >= 0.6 is 0 Å². The Labute approximate surface area is 253 Å². The number of aliphatic hydroxyl groups excluding tert-OH is 1. The normalized spacial score (nSPS) is 21.3. The minimum absolute atomic E-state index is 0.0825. The number of nitrogens with zero attached hydrogens (tertiary/aromatic N) is 5. The average molecular weight is 588 g/mol. The van der Waals surface area contributed by atoms with E-state index in [0.717, 1.165) is 44.5 Å². The lowest BCUT2D eigenvalue weighted by molar-refractivity contribution is -0.139. The van der Waals surface area contributed by atoms with Gasteiger partial charge in [0.25, 0.3) is 0 Å². The zero-order valence-corrected chi connectivity index (χ0v) is 25.0. The van der Waals surface area contributed by atoms with Crippen LogP contribution in [0, 0.1) is 0 Å². The van der Waals surface area contributed by atoms with Gasteiger partial charge in [0, 0.05) is 57.3 Å². The lowest BCUT2D eigenvalue weighted by Crippen LogP contribution is -2.67. The van der Waals surface area contributed by atoms with E-state index in [4.69, 9.17) is 14.2 Å². The van der Waals surface area contributed by atoms with Crippen LogP contribution in [-0.4, -0.2) is 107 Å². The predicted octanol–water partition coefficient (Wildman–Crippen LogP) is 2.95. The summed E-state index contributed by atoms with van der Waals surface area (Å²) in [5.41, 5.74) is 3.32. The van der Waals surface area contributed by atoms with Crippen molar-refractivity contribution in [2.24, 2.45) is 0 Å². The highest BCUT2D eigenvalue weighted by Crippen LogP contribution is 2.38. The standard InChI is InChI=1S/C33H41N5O5/c1-41-31-27(32(35-33(34-31)42-2)43-26-14-9-15-26)20-36-18-25-19-37(29(40)22-39)16-17-38(25)28(21-36)30(23-10-5-3-6-11-23)24-12-7-4-8-13-24/h3-8,10-13,25-26,28,30,39H,9,14-22H2,1-2H3/t25-,28+/m1/s1. The van der Waals surface area contributed by atoms with E-state index in [9.17, 15) is 9.90 Å². The van der Waals surface area contributed by atoms with Crippen molar-refractivity contribution < 1.29 is 24.1 Å². The van der Waals surface area contributed by atoms with Crippen molar-refractivity contribution >= 4 is 5.91 Å². The van der Waals surface area contributed by atoms with Gasteiger partial charge in [0.05, 0.1) is 19.8 Å². The van der Waals surface area contributed by atoms with Crippen molar-refractivity contribution in [1.29, 1.82) is 0 Å². The highest BCUT2D eigenvalue weighted by Gasteiger charge is 2.43. The van der Waals surface area contributed by atoms with E-state index in [1.54, 1.807) is 19.1 Å². The summed E-state index contributed by atoms with van der Waals surface area (Å²) >= 11 is 0. The van der Waals surface area contributed by atoms with Crippen LogP contribution in [0.25, 0.3) is 0 Å². The predicted molar refractivity (Wildman–Crippen MR) is 161 cm³/mol. The first kappa shape index (κ1) is 29.3. The molecule has 3 aromatic rings. The molecule has 1 aromatic heterocycles. The molecule has 1 aliphatic carbocycles. The van der Waals surface area contributed by atoms with Crippen LogP contribution < -0.4 is 14.2 Å². The molecular formula is C33H41N5O5. The summed E-state index contributed by atoms with van der Waals surface area (Å²) in [5, 5.41) is 9.63. The molecule has 3 aliphatic rings. The lowest BCUT2D eigenvalue weighted by Gasteiger charge is -2.53. The third kappa shape index (κ3) is 6.32. The van der Waals surface area contributed by atoms with Gasteiger partial charge in [-0.05, 0) is 30.4 Å². The Kier molecular flexibility index (Phi) is 9.06. The highest BCUT2D eigenvalue weighted by molar-refractivity contribution is 5.77. The van der Waals surface area contributed by atoms with Gasteiger partial charge in [-0.25, -0.2) is 0 Å². The van der Waals surface area contributed by atoms with Crippen LogP contribution in [0.3, 0.4) is 0 Å². The van der Waals surface area contributed by atoms with Crippen molar-refractivity contribution in [2.45, 2.75) is 49.9 Å². The quantitative estimate of drug-likeness (QED) is 0.384. The summed E-state index contributed by atoms with van der Waals surface area (Å²) < 4.78 is 17.5. The Morgan fingerprint density at radius 2 is 1.58 bits per heavy atom. The molecular weight excluding hydrogens is 546 g/mol. The summed E-state index contributed by atoms with van der Waals surface area (Å²) in [6.07, 6.45) is 3.28. The van der Waals surface area contributed by atoms with E-state index in [1.165, 1.54) is 11.1 Å². The molecule has 1 N–H and O–H groups in total. The van der Waals surface area contributed by atoms with Gasteiger partial charge in [-0.1, -0.05) is 60.7 Å². The number of hydrogen-bond donors (Lipinski definition) is 1. The van der Waals surface area contributed by atoms with Crippen molar-refractivity contribution in [1.82, 2.24) is 24.7 Å². The SMILES string of the molecule is COc1nc(OC)c(CN2C[C@@H]3CN(C(=O)CO)CCN3[C@H](C(c3ccccc3)c3ccccc3)C2)c(OC2CCC2)n1. The number of methoxy groups -OCH3 is 2. The summed E-state index contributed by atoms with van der Waals surface area (Å²) in [6, 6.07) is 21.8. The largest absolute Gasteiger partial charge is 0.481 e. The molecule has 10 nitrogen and oxygen atoms in total. The molecule has 0 unspecified atom stereocenters. The monoisotopic (exact) mass is 587 g/mol. The Morgan fingerprint density at radius 1 is 0.907 bits per heavy atom. The van der Waals surface area contributed by atoms with Gasteiger partial charge < -0.3 is 24.2 Å². The number of amides is 1. The smallest absolute Gasteiger partial charge is 0.322 e. The van der Waals surface area contributed by atoms with Gasteiger partial charge in [0.2, 0.25) is 17.7 Å². The third-order valence-corrected chi connectivity index (χ3v) is 9.06. The maximum atomic E-state index is 12.6. The summed E-state index contributed by atoms with van der Waals surface area (Å²) in [6.45, 7) is 3.48. The number of aromatic nitrogens is 2. The molecule has 2 atom stereocenters. The van der Waals surface area contributed by atoms with Crippen molar-refractivity contribution in [3.05, 3.63) is 77.4 Å². The molecule has 0 bridgehead atoms. The first-order chi connectivity index (χ1) is 21.1. The number of carbonyl (C=O) groups excluding carboxylic acids is 1. The minimum atomic E-state index is -0.473. The molecule has 228 valence electrons. The topological polar surface area (TPSA) is 100 Å². The minimum Gasteiger partial charge on any atom is -0.481 e. The molecule has 0 radical (unpaired) electrons. The number of rotatable bonds is 10. The van der Waals surface area contributed by atoms with E-state index in [2.05, 4.69) is 80.4 Å². The van der Waals surface area contributed by atoms with E-state index in [0.29, 0.717) is 31.4 Å². The molecule has 6 rings (SSSR count). The fourth-order valence-corrected chi connectivity index (χ4v) is 6.71. The van der Waals surface area contributed by atoms with Crippen LogP contribution in [0.15, 0.2) is 60.7 Å². The Bertz CT molecular complexity index is 1330. The van der Waals surface area contributed by atoms with Gasteiger partial charge in [-0.3, -0.25) is 14.6 Å². The number of benzene rings is 2. The number of aliphatic hydroxyl groups is 1. The lowest BCUT2D eigenvalue weighted by atomic mass is 9.81. The van der Waals surface area contributed by atoms with E-state index >= 15 is 0 Å². The van der Waals surface area contributed by atoms with Crippen molar-refractivity contribution in [3.8, 4) is 17.8 Å². The van der Waals surface area contributed by atoms with E-state index < -0.39 is 6.61 Å². The maximum Gasteiger partial charge on any atom is 0.322 e. The molecule has 2 saturated heterocycles. The van der Waals surface area contributed by atoms with E-state index in [1.807, 2.05) is 0 Å². The van der Waals surface area contributed by atoms with Crippen LogP contribution in [0.2, 0.25) is 0 Å². The van der Waals surface area contributed by atoms with Gasteiger partial charge in [0.1, 0.15) is 12.7 Å². The molecule has 3 heterocycles. The fourth-order valence-electron chi connectivity index (χ4n) is 6.71. The molecule has 43 heavy (non-hydrogen) atoms. The molecule has 2 aliphatic heterocycles. The van der Waals surface area contributed by atoms with Gasteiger partial charge >= 0.3 is 6.01 Å². The van der Waals surface area contributed by atoms with Gasteiger partial charge in [0.15, 0.2) is 0 Å². The zero-order valence-electron chi connectivity index (χ0n) is 25.0. The van der Waals surface area contributed by atoms with Crippen LogP contribution in [0.1, 0.15) is 41.9 Å². The van der Waals surface area contributed by atoms with Crippen LogP contribution in [0.5, 0.6) is 17.8 Å². The first-order valence-corrected chi connectivity index (χ1v) is 15.2.